The van der Waals surface area contributed by atoms with Gasteiger partial charge in [-0.3, -0.25) is 0 Å². The molecule has 1 saturated heterocycles. The van der Waals surface area contributed by atoms with Crippen molar-refractivity contribution in [3.8, 4) is 0 Å². The summed E-state index contributed by atoms with van der Waals surface area (Å²) in [7, 11) is 0. The number of fused-ring (bicyclic) bond motifs is 1. The van der Waals surface area contributed by atoms with Crippen molar-refractivity contribution in [3.63, 3.8) is 0 Å². The lowest BCUT2D eigenvalue weighted by Crippen LogP contribution is -2.49. The van der Waals surface area contributed by atoms with E-state index >= 15 is 0 Å². The first kappa shape index (κ1) is 16.8. The molecule has 3 aliphatic rings. The molecule has 1 aromatic heterocycles. The molecule has 1 aromatic rings. The maximum absolute atomic E-state index is 11.1. The van der Waals surface area contributed by atoms with Gasteiger partial charge in [-0.25, -0.2) is 9.78 Å². The van der Waals surface area contributed by atoms with Crippen LogP contribution in [-0.4, -0.2) is 64.0 Å². The number of amides is 1. The minimum absolute atomic E-state index is 0.510. The van der Waals surface area contributed by atoms with E-state index in [0.717, 1.165) is 29.6 Å². The lowest BCUT2D eigenvalue weighted by atomic mass is 9.95. The monoisotopic (exact) mass is 363 g/mol. The van der Waals surface area contributed by atoms with Gasteiger partial charge in [0.2, 0.25) is 5.95 Å². The first-order valence-corrected chi connectivity index (χ1v) is 10.2. The number of hydrogen-bond donors (Lipinski definition) is 2. The van der Waals surface area contributed by atoms with Crippen LogP contribution in [0.25, 0.3) is 0 Å². The second-order valence-electron chi connectivity index (χ2n) is 6.98. The Hall–Kier alpha value is -1.70. The van der Waals surface area contributed by atoms with E-state index in [1.54, 1.807) is 0 Å². The number of aromatic nitrogens is 2. The number of piperazine rings is 1. The van der Waals surface area contributed by atoms with Crippen molar-refractivity contribution in [2.75, 3.05) is 42.1 Å². The molecule has 25 heavy (non-hydrogen) atoms. The maximum Gasteiger partial charge on any atom is 0.407 e. The third kappa shape index (κ3) is 3.63. The highest BCUT2D eigenvalue weighted by molar-refractivity contribution is 7.99. The Balaban J connectivity index is 1.53. The van der Waals surface area contributed by atoms with E-state index in [1.165, 1.54) is 41.9 Å². The zero-order chi connectivity index (χ0) is 17.2. The predicted octanol–water partition coefficient (Wildman–Crippen LogP) is 2.67. The van der Waals surface area contributed by atoms with Gasteiger partial charge in [0, 0.05) is 44.4 Å². The number of thioether (sulfide) groups is 1. The summed E-state index contributed by atoms with van der Waals surface area (Å²) in [6, 6.07) is 0.519. The van der Waals surface area contributed by atoms with Crippen molar-refractivity contribution < 1.29 is 9.90 Å². The molecule has 0 unspecified atom stereocenters. The highest BCUT2D eigenvalue weighted by Gasteiger charge is 2.27. The molecule has 1 amide bonds. The molecule has 1 saturated carbocycles. The van der Waals surface area contributed by atoms with Crippen molar-refractivity contribution in [3.05, 3.63) is 5.69 Å². The molecular formula is C17H25N5O2S. The number of nitrogens with one attached hydrogen (secondary N) is 1. The normalized spacial score (nSPS) is 21.3. The highest BCUT2D eigenvalue weighted by Crippen LogP contribution is 2.37. The van der Waals surface area contributed by atoms with Gasteiger partial charge in [-0.1, -0.05) is 19.3 Å². The lowest BCUT2D eigenvalue weighted by molar-refractivity contribution is 0.142. The molecule has 0 bridgehead atoms. The first-order chi connectivity index (χ1) is 12.2. The fourth-order valence-corrected chi connectivity index (χ4v) is 4.89. The Morgan fingerprint density at radius 3 is 2.60 bits per heavy atom. The predicted molar refractivity (Wildman–Crippen MR) is 98.8 cm³/mol. The summed E-state index contributed by atoms with van der Waals surface area (Å²) in [6.45, 7) is 2.33. The molecular weight excluding hydrogens is 338 g/mol. The van der Waals surface area contributed by atoms with E-state index < -0.39 is 6.09 Å². The van der Waals surface area contributed by atoms with Gasteiger partial charge < -0.3 is 20.2 Å². The van der Waals surface area contributed by atoms with E-state index in [9.17, 15) is 4.79 Å². The average molecular weight is 363 g/mol. The van der Waals surface area contributed by atoms with Gasteiger partial charge in [-0.15, -0.1) is 11.8 Å². The topological polar surface area (TPSA) is 81.6 Å². The van der Waals surface area contributed by atoms with Crippen LogP contribution in [0.4, 0.5) is 16.6 Å². The Bertz CT molecular complexity index is 642. The van der Waals surface area contributed by atoms with Crippen molar-refractivity contribution in [1.82, 2.24) is 14.9 Å². The largest absolute Gasteiger partial charge is 0.465 e. The van der Waals surface area contributed by atoms with Crippen LogP contribution in [0.15, 0.2) is 4.90 Å². The van der Waals surface area contributed by atoms with Crippen LogP contribution in [0.1, 0.15) is 37.8 Å². The molecule has 2 fully saturated rings. The number of anilines is 2. The average Bonchev–Trinajstić information content (AvgIpc) is 3.11. The smallest absolute Gasteiger partial charge is 0.407 e. The number of aryl methyl sites for hydroxylation is 1. The van der Waals surface area contributed by atoms with Gasteiger partial charge in [0.15, 0.2) is 0 Å². The Morgan fingerprint density at radius 1 is 1.12 bits per heavy atom. The number of carboxylic acid groups (broad SMARTS) is 1. The molecule has 2 N–H and O–H groups in total. The van der Waals surface area contributed by atoms with Crippen LogP contribution in [-0.2, 0) is 6.42 Å². The minimum atomic E-state index is -0.842. The Kier molecular flexibility index (Phi) is 4.87. The molecule has 0 atom stereocenters. The van der Waals surface area contributed by atoms with E-state index in [-0.39, 0.29) is 0 Å². The van der Waals surface area contributed by atoms with Crippen molar-refractivity contribution >= 4 is 29.6 Å². The molecule has 8 heteroatoms. The molecule has 1 aliphatic carbocycles. The molecule has 0 spiro atoms. The Morgan fingerprint density at radius 2 is 1.88 bits per heavy atom. The van der Waals surface area contributed by atoms with Crippen LogP contribution < -0.4 is 10.2 Å². The highest BCUT2D eigenvalue weighted by atomic mass is 32.2. The third-order valence-corrected chi connectivity index (χ3v) is 6.41. The molecule has 3 heterocycles. The zero-order valence-corrected chi connectivity index (χ0v) is 15.2. The quantitative estimate of drug-likeness (QED) is 0.854. The summed E-state index contributed by atoms with van der Waals surface area (Å²) >= 11 is 1.85. The van der Waals surface area contributed by atoms with Crippen molar-refractivity contribution in [2.24, 2.45) is 0 Å². The first-order valence-electron chi connectivity index (χ1n) is 9.24. The SMILES string of the molecule is O=C(O)N1CCN(c2nc3c(c(NC4CCCCC4)n2)SCC3)CC1. The molecule has 0 aromatic carbocycles. The van der Waals surface area contributed by atoms with Gasteiger partial charge in [-0.2, -0.15) is 4.98 Å². The fourth-order valence-electron chi connectivity index (χ4n) is 3.83. The van der Waals surface area contributed by atoms with Crippen LogP contribution in [0.2, 0.25) is 0 Å². The van der Waals surface area contributed by atoms with Gasteiger partial charge in [-0.05, 0) is 12.8 Å². The summed E-state index contributed by atoms with van der Waals surface area (Å²) in [5, 5.41) is 12.8. The zero-order valence-electron chi connectivity index (χ0n) is 14.4. The second-order valence-corrected chi connectivity index (χ2v) is 8.09. The van der Waals surface area contributed by atoms with Crippen LogP contribution in [0.5, 0.6) is 0 Å². The summed E-state index contributed by atoms with van der Waals surface area (Å²) < 4.78 is 0. The van der Waals surface area contributed by atoms with Gasteiger partial charge >= 0.3 is 6.09 Å². The number of rotatable bonds is 3. The summed E-state index contributed by atoms with van der Waals surface area (Å²) in [5.41, 5.74) is 1.15. The van der Waals surface area contributed by atoms with Crippen molar-refractivity contribution in [1.29, 1.82) is 0 Å². The minimum Gasteiger partial charge on any atom is -0.465 e. The Labute approximate surface area is 152 Å². The molecule has 136 valence electrons. The van der Waals surface area contributed by atoms with Crippen molar-refractivity contribution in [2.45, 2.75) is 49.5 Å². The molecule has 2 aliphatic heterocycles. The van der Waals surface area contributed by atoms with Crippen LogP contribution >= 0.6 is 11.8 Å². The summed E-state index contributed by atoms with van der Waals surface area (Å²) in [6.07, 6.45) is 6.51. The third-order valence-electron chi connectivity index (χ3n) is 5.29. The second kappa shape index (κ2) is 7.27. The summed E-state index contributed by atoms with van der Waals surface area (Å²) in [5.74, 6) is 2.82. The van der Waals surface area contributed by atoms with Crippen LogP contribution in [0.3, 0.4) is 0 Å². The fraction of sp³-hybridized carbons (Fsp3) is 0.706. The summed E-state index contributed by atoms with van der Waals surface area (Å²) in [4.78, 5) is 25.5. The number of nitrogens with zero attached hydrogens (tertiary/aromatic N) is 4. The van der Waals surface area contributed by atoms with E-state index in [2.05, 4.69) is 10.2 Å². The van der Waals surface area contributed by atoms with Crippen LogP contribution in [0, 0.1) is 0 Å². The maximum atomic E-state index is 11.1. The molecule has 4 rings (SSSR count). The molecule has 0 radical (unpaired) electrons. The van der Waals surface area contributed by atoms with E-state index in [4.69, 9.17) is 15.1 Å². The number of hydrogen-bond acceptors (Lipinski definition) is 6. The lowest BCUT2D eigenvalue weighted by Gasteiger charge is -2.33. The van der Waals surface area contributed by atoms with Gasteiger partial charge in [0.05, 0.1) is 10.6 Å². The van der Waals surface area contributed by atoms with E-state index in [1.807, 2.05) is 11.8 Å². The van der Waals surface area contributed by atoms with Gasteiger partial charge in [0.1, 0.15) is 5.82 Å². The standard InChI is InChI=1S/C17H25N5O2S/c23-17(24)22-9-7-21(8-10-22)16-19-13-6-11-25-14(13)15(20-16)18-12-4-2-1-3-5-12/h12H,1-11H2,(H,23,24)(H,18,19,20). The van der Waals surface area contributed by atoms with E-state index in [0.29, 0.717) is 32.2 Å². The number of carbonyl (C=O) groups is 1. The molecule has 7 nitrogen and oxygen atoms in total. The van der Waals surface area contributed by atoms with Gasteiger partial charge in [0.25, 0.3) is 0 Å².